The number of nitrogens with one attached hydrogen (secondary N) is 1. The molecule has 1 fully saturated rings. The number of nitrogens with zero attached hydrogens (tertiary/aromatic N) is 1. The average molecular weight is 356 g/mol. The van der Waals surface area contributed by atoms with Gasteiger partial charge < -0.3 is 11.1 Å². The highest BCUT2D eigenvalue weighted by atomic mass is 35.5. The minimum Gasteiger partial charge on any atom is -0.355 e. The second kappa shape index (κ2) is 9.06. The van der Waals surface area contributed by atoms with Gasteiger partial charge in [-0.05, 0) is 42.9 Å². The lowest BCUT2D eigenvalue weighted by Gasteiger charge is -2.11. The Hall–Kier alpha value is -1.36. The van der Waals surface area contributed by atoms with Crippen molar-refractivity contribution in [2.24, 2.45) is 11.7 Å². The van der Waals surface area contributed by atoms with E-state index in [0.717, 1.165) is 17.3 Å². The van der Waals surface area contributed by atoms with Crippen LogP contribution in [0.5, 0.6) is 0 Å². The van der Waals surface area contributed by atoms with E-state index >= 15 is 0 Å². The molecule has 0 radical (unpaired) electrons. The van der Waals surface area contributed by atoms with Gasteiger partial charge in [-0.25, -0.2) is 0 Å². The minimum absolute atomic E-state index is 0. The quantitative estimate of drug-likeness (QED) is 0.836. The lowest BCUT2D eigenvalue weighted by molar-refractivity contribution is -0.121. The van der Waals surface area contributed by atoms with Gasteiger partial charge in [0.25, 0.3) is 0 Å². The van der Waals surface area contributed by atoms with Crippen molar-refractivity contribution in [2.45, 2.75) is 31.7 Å². The van der Waals surface area contributed by atoms with Crippen molar-refractivity contribution in [1.29, 1.82) is 0 Å². The molecule has 1 amide bonds. The highest BCUT2D eigenvalue weighted by Crippen LogP contribution is 2.31. The molecular formula is C17H23Cl2N3O. The van der Waals surface area contributed by atoms with E-state index < -0.39 is 0 Å². The van der Waals surface area contributed by atoms with Gasteiger partial charge in [0.2, 0.25) is 5.91 Å². The van der Waals surface area contributed by atoms with E-state index in [4.69, 9.17) is 5.73 Å². The van der Waals surface area contributed by atoms with Crippen LogP contribution in [-0.4, -0.2) is 23.5 Å². The highest BCUT2D eigenvalue weighted by molar-refractivity contribution is 5.85. The first kappa shape index (κ1) is 19.7. The molecule has 3 rings (SSSR count). The summed E-state index contributed by atoms with van der Waals surface area (Å²) in [5, 5.41) is 4.07. The maximum Gasteiger partial charge on any atom is 0.220 e. The van der Waals surface area contributed by atoms with Crippen LogP contribution in [0.15, 0.2) is 36.5 Å². The molecule has 4 nitrogen and oxygen atoms in total. The summed E-state index contributed by atoms with van der Waals surface area (Å²) >= 11 is 0. The van der Waals surface area contributed by atoms with Gasteiger partial charge >= 0.3 is 0 Å². The Balaban J connectivity index is 0.00000132. The second-order valence-electron chi connectivity index (χ2n) is 5.79. The van der Waals surface area contributed by atoms with Crippen molar-refractivity contribution in [1.82, 2.24) is 10.3 Å². The molecule has 1 aromatic carbocycles. The molecule has 1 heterocycles. The van der Waals surface area contributed by atoms with Gasteiger partial charge in [-0.1, -0.05) is 18.2 Å². The molecule has 1 saturated carbocycles. The number of para-hydroxylation sites is 1. The Bertz CT molecular complexity index is 641. The number of nitrogens with two attached hydrogens (primary N) is 1. The van der Waals surface area contributed by atoms with Gasteiger partial charge in [-0.2, -0.15) is 0 Å². The molecule has 0 bridgehead atoms. The van der Waals surface area contributed by atoms with Crippen molar-refractivity contribution in [3.63, 3.8) is 0 Å². The Morgan fingerprint density at radius 2 is 2.00 bits per heavy atom. The zero-order valence-corrected chi connectivity index (χ0v) is 14.5. The van der Waals surface area contributed by atoms with E-state index in [2.05, 4.69) is 16.4 Å². The first-order valence-corrected chi connectivity index (χ1v) is 7.59. The Morgan fingerprint density at radius 3 is 2.74 bits per heavy atom. The van der Waals surface area contributed by atoms with Crippen LogP contribution >= 0.6 is 24.8 Å². The molecule has 126 valence electrons. The first-order valence-electron chi connectivity index (χ1n) is 7.59. The summed E-state index contributed by atoms with van der Waals surface area (Å²) in [5.74, 6) is 0.696. The molecule has 1 atom stereocenters. The Morgan fingerprint density at radius 1 is 1.26 bits per heavy atom. The van der Waals surface area contributed by atoms with Crippen LogP contribution in [0.2, 0.25) is 0 Å². The standard InChI is InChI=1S/C17H21N3O.2ClH/c18-15(13-5-6-13)11-20-17(21)8-7-12-9-10-19-16-4-2-1-3-14(12)16;;/h1-4,9-10,13,15H,5-8,11,18H2,(H,20,21);2*1H. The highest BCUT2D eigenvalue weighted by Gasteiger charge is 2.28. The summed E-state index contributed by atoms with van der Waals surface area (Å²) in [7, 11) is 0. The van der Waals surface area contributed by atoms with Gasteiger partial charge in [0.05, 0.1) is 5.52 Å². The Kier molecular flexibility index (Phi) is 7.76. The third kappa shape index (κ3) is 5.34. The lowest BCUT2D eigenvalue weighted by atomic mass is 10.0. The van der Waals surface area contributed by atoms with E-state index in [9.17, 15) is 4.79 Å². The number of fused-ring (bicyclic) bond motifs is 1. The van der Waals surface area contributed by atoms with Crippen LogP contribution in [0.25, 0.3) is 10.9 Å². The van der Waals surface area contributed by atoms with Gasteiger partial charge in [-0.3, -0.25) is 9.78 Å². The maximum atomic E-state index is 11.9. The molecule has 3 N–H and O–H groups in total. The summed E-state index contributed by atoms with van der Waals surface area (Å²) in [6.45, 7) is 0.598. The van der Waals surface area contributed by atoms with Crippen molar-refractivity contribution in [3.8, 4) is 0 Å². The topological polar surface area (TPSA) is 68.0 Å². The van der Waals surface area contributed by atoms with Crippen LogP contribution < -0.4 is 11.1 Å². The van der Waals surface area contributed by atoms with Gasteiger partial charge in [0.1, 0.15) is 0 Å². The molecule has 0 aliphatic heterocycles. The molecule has 2 aromatic rings. The molecule has 0 saturated heterocycles. The van der Waals surface area contributed by atoms with Crippen LogP contribution in [0.3, 0.4) is 0 Å². The first-order chi connectivity index (χ1) is 10.2. The van der Waals surface area contributed by atoms with Crippen LogP contribution in [-0.2, 0) is 11.2 Å². The van der Waals surface area contributed by atoms with Crippen LogP contribution in [0.1, 0.15) is 24.8 Å². The predicted octanol–water partition coefficient (Wildman–Crippen LogP) is 2.86. The number of aromatic nitrogens is 1. The maximum absolute atomic E-state index is 11.9. The average Bonchev–Trinajstić information content (AvgIpc) is 3.35. The normalized spacial score (nSPS) is 14.5. The number of halogens is 2. The third-order valence-electron chi connectivity index (χ3n) is 4.12. The number of benzene rings is 1. The summed E-state index contributed by atoms with van der Waals surface area (Å²) in [6.07, 6.45) is 5.44. The number of carbonyl (C=O) groups is 1. The fourth-order valence-electron chi connectivity index (χ4n) is 2.63. The predicted molar refractivity (Wildman–Crippen MR) is 98.3 cm³/mol. The smallest absolute Gasteiger partial charge is 0.220 e. The number of aryl methyl sites for hydroxylation is 1. The molecule has 1 aliphatic rings. The molecule has 23 heavy (non-hydrogen) atoms. The fourth-order valence-corrected chi connectivity index (χ4v) is 2.63. The largest absolute Gasteiger partial charge is 0.355 e. The number of rotatable bonds is 6. The summed E-state index contributed by atoms with van der Waals surface area (Å²) in [5.41, 5.74) is 8.13. The van der Waals surface area contributed by atoms with E-state index in [1.54, 1.807) is 6.20 Å². The molecule has 6 heteroatoms. The molecule has 1 aliphatic carbocycles. The van der Waals surface area contributed by atoms with E-state index in [0.29, 0.717) is 18.9 Å². The van der Waals surface area contributed by atoms with E-state index in [1.807, 2.05) is 24.3 Å². The summed E-state index contributed by atoms with van der Waals surface area (Å²) in [6, 6.07) is 10.1. The number of amides is 1. The zero-order valence-electron chi connectivity index (χ0n) is 12.9. The SMILES string of the molecule is Cl.Cl.NC(CNC(=O)CCc1ccnc2ccccc12)C1CC1. The molecular weight excluding hydrogens is 333 g/mol. The van der Waals surface area contributed by atoms with Gasteiger partial charge in [-0.15, -0.1) is 24.8 Å². The summed E-state index contributed by atoms with van der Waals surface area (Å²) in [4.78, 5) is 16.3. The number of hydrogen-bond acceptors (Lipinski definition) is 3. The number of hydrogen-bond donors (Lipinski definition) is 2. The van der Waals surface area contributed by atoms with E-state index in [-0.39, 0.29) is 36.8 Å². The van der Waals surface area contributed by atoms with Crippen LogP contribution in [0, 0.1) is 5.92 Å². The van der Waals surface area contributed by atoms with Gasteiger partial charge in [0, 0.05) is 30.6 Å². The van der Waals surface area contributed by atoms with Crippen molar-refractivity contribution in [3.05, 3.63) is 42.1 Å². The van der Waals surface area contributed by atoms with Gasteiger partial charge in [0.15, 0.2) is 0 Å². The zero-order chi connectivity index (χ0) is 14.7. The minimum atomic E-state index is 0. The fraction of sp³-hybridized carbons (Fsp3) is 0.412. The third-order valence-corrected chi connectivity index (χ3v) is 4.12. The number of pyridine rings is 1. The second-order valence-corrected chi connectivity index (χ2v) is 5.79. The van der Waals surface area contributed by atoms with E-state index in [1.165, 1.54) is 18.4 Å². The summed E-state index contributed by atoms with van der Waals surface area (Å²) < 4.78 is 0. The van der Waals surface area contributed by atoms with Crippen molar-refractivity contribution < 1.29 is 4.79 Å². The molecule has 1 aromatic heterocycles. The monoisotopic (exact) mass is 355 g/mol. The number of carbonyl (C=O) groups excluding carboxylic acids is 1. The Labute approximate surface area is 149 Å². The molecule has 1 unspecified atom stereocenters. The van der Waals surface area contributed by atoms with Crippen LogP contribution in [0.4, 0.5) is 0 Å². The van der Waals surface area contributed by atoms with Crippen molar-refractivity contribution >= 4 is 41.6 Å². The lowest BCUT2D eigenvalue weighted by Crippen LogP contribution is -2.38. The van der Waals surface area contributed by atoms with Crippen molar-refractivity contribution in [2.75, 3.05) is 6.54 Å². The molecule has 0 spiro atoms.